The highest BCUT2D eigenvalue weighted by Gasteiger charge is 2.49. The second-order valence-electron chi connectivity index (χ2n) is 9.28. The van der Waals surface area contributed by atoms with Crippen LogP contribution >= 0.6 is 0 Å². The average molecular weight is 510 g/mol. The zero-order chi connectivity index (χ0) is 26.0. The Balaban J connectivity index is 1.45. The van der Waals surface area contributed by atoms with Gasteiger partial charge in [-0.2, -0.15) is 26.3 Å². The molecule has 3 aromatic rings. The minimum absolute atomic E-state index is 0.0406. The summed E-state index contributed by atoms with van der Waals surface area (Å²) >= 11 is 0. The fraction of sp³-hybridized carbons (Fsp3) is 0.375. The number of halogens is 6. The van der Waals surface area contributed by atoms with Crippen LogP contribution < -0.4 is 5.56 Å². The van der Waals surface area contributed by atoms with E-state index in [-0.39, 0.29) is 37.0 Å². The topological polar surface area (TPSA) is 60.1 Å². The number of nitrogens with zero attached hydrogens (tertiary/aromatic N) is 4. The molecular formula is C24H20F6N4O2. The van der Waals surface area contributed by atoms with Crippen molar-refractivity contribution in [3.8, 4) is 5.69 Å². The Hall–Kier alpha value is -3.57. The number of pyridine rings is 1. The number of fused-ring (bicyclic) bond motifs is 1. The van der Waals surface area contributed by atoms with Gasteiger partial charge in [0.25, 0.3) is 11.5 Å². The molecule has 1 fully saturated rings. The van der Waals surface area contributed by atoms with E-state index in [4.69, 9.17) is 0 Å². The highest BCUT2D eigenvalue weighted by Crippen LogP contribution is 2.51. The van der Waals surface area contributed by atoms with Crippen LogP contribution in [0.4, 0.5) is 26.3 Å². The first-order valence-electron chi connectivity index (χ1n) is 11.1. The van der Waals surface area contributed by atoms with E-state index < -0.39 is 40.4 Å². The molecule has 0 radical (unpaired) electrons. The summed E-state index contributed by atoms with van der Waals surface area (Å²) in [5, 5.41) is 0. The minimum atomic E-state index is -4.95. The summed E-state index contributed by atoms with van der Waals surface area (Å²) in [7, 11) is 0. The maximum Gasteiger partial charge on any atom is 0.416 e. The molecule has 1 aliphatic heterocycles. The molecule has 190 valence electrons. The number of carbonyl (C=O) groups excluding carboxylic acids is 1. The van der Waals surface area contributed by atoms with Crippen LogP contribution in [-0.2, 0) is 24.3 Å². The molecule has 0 saturated heterocycles. The number of aromatic nitrogens is 3. The normalized spacial score (nSPS) is 17.3. The molecule has 0 spiro atoms. The summed E-state index contributed by atoms with van der Waals surface area (Å²) in [6, 6.07) is 4.58. The zero-order valence-electron chi connectivity index (χ0n) is 19.0. The maximum atomic E-state index is 13.4. The lowest BCUT2D eigenvalue weighted by Crippen LogP contribution is -2.47. The highest BCUT2D eigenvalue weighted by atomic mass is 19.4. The molecule has 2 aromatic heterocycles. The third-order valence-electron chi connectivity index (χ3n) is 6.79. The molecule has 0 unspecified atom stereocenters. The molecule has 2 aliphatic rings. The van der Waals surface area contributed by atoms with Gasteiger partial charge in [0.15, 0.2) is 0 Å². The third kappa shape index (κ3) is 4.18. The predicted octanol–water partition coefficient (Wildman–Crippen LogP) is 4.57. The summed E-state index contributed by atoms with van der Waals surface area (Å²) in [5.41, 5.74) is -3.11. The van der Waals surface area contributed by atoms with E-state index in [0.29, 0.717) is 24.2 Å². The zero-order valence-corrected chi connectivity index (χ0v) is 19.0. The van der Waals surface area contributed by atoms with Gasteiger partial charge in [0, 0.05) is 31.2 Å². The quantitative estimate of drug-likeness (QED) is 0.484. The van der Waals surface area contributed by atoms with Crippen LogP contribution in [0.25, 0.3) is 5.69 Å². The van der Waals surface area contributed by atoms with Crippen molar-refractivity contribution in [2.75, 3.05) is 13.1 Å². The predicted molar refractivity (Wildman–Crippen MR) is 116 cm³/mol. The molecule has 3 heterocycles. The van der Waals surface area contributed by atoms with Gasteiger partial charge in [-0.1, -0.05) is 0 Å². The van der Waals surface area contributed by atoms with Crippen molar-refractivity contribution in [3.63, 3.8) is 0 Å². The summed E-state index contributed by atoms with van der Waals surface area (Å²) in [6.45, 7) is 1.98. The number of alkyl halides is 6. The first-order valence-corrected chi connectivity index (χ1v) is 11.1. The van der Waals surface area contributed by atoms with Gasteiger partial charge in [0.2, 0.25) is 0 Å². The number of amides is 1. The molecule has 1 amide bonds. The fourth-order valence-corrected chi connectivity index (χ4v) is 4.68. The van der Waals surface area contributed by atoms with Gasteiger partial charge in [-0.25, -0.2) is 4.98 Å². The monoisotopic (exact) mass is 510 g/mol. The number of hydrogen-bond donors (Lipinski definition) is 0. The van der Waals surface area contributed by atoms with E-state index in [1.165, 1.54) is 27.9 Å². The molecule has 12 heteroatoms. The summed E-state index contributed by atoms with van der Waals surface area (Å²) in [5.74, 6) is -0.499. The molecule has 0 N–H and O–H groups in total. The molecule has 0 bridgehead atoms. The van der Waals surface area contributed by atoms with E-state index in [1.807, 2.05) is 0 Å². The van der Waals surface area contributed by atoms with Gasteiger partial charge in [-0.15, -0.1) is 0 Å². The van der Waals surface area contributed by atoms with Crippen LogP contribution in [0.2, 0.25) is 0 Å². The second kappa shape index (κ2) is 7.97. The van der Waals surface area contributed by atoms with Crippen LogP contribution in [0.15, 0.2) is 47.7 Å². The molecule has 1 saturated carbocycles. The van der Waals surface area contributed by atoms with Crippen molar-refractivity contribution < 1.29 is 31.1 Å². The average Bonchev–Trinajstić information content (AvgIpc) is 3.46. The third-order valence-corrected chi connectivity index (χ3v) is 6.79. The lowest BCUT2D eigenvalue weighted by atomic mass is 9.91. The number of imidazole rings is 1. The molecular weight excluding hydrogens is 490 g/mol. The van der Waals surface area contributed by atoms with Crippen LogP contribution in [0.3, 0.4) is 0 Å². The summed E-state index contributed by atoms with van der Waals surface area (Å²) in [6.07, 6.45) is -6.04. The lowest BCUT2D eigenvalue weighted by molar-refractivity contribution is -0.143. The number of aryl methyl sites for hydroxylation is 1. The van der Waals surface area contributed by atoms with Gasteiger partial charge in [-0.05, 0) is 55.7 Å². The van der Waals surface area contributed by atoms with E-state index >= 15 is 0 Å². The van der Waals surface area contributed by atoms with Crippen molar-refractivity contribution in [1.82, 2.24) is 19.0 Å². The first kappa shape index (κ1) is 24.1. The SMILES string of the molecule is Cc1cn(-c2ccc3n(c2=O)CCN(CC2(c4cc(C(F)(F)F)cc(C(F)(F)F)c4)CC2)C3=O)cn1. The van der Waals surface area contributed by atoms with E-state index in [0.717, 1.165) is 12.1 Å². The highest BCUT2D eigenvalue weighted by molar-refractivity contribution is 5.93. The van der Waals surface area contributed by atoms with Gasteiger partial charge in [0.1, 0.15) is 11.4 Å². The van der Waals surface area contributed by atoms with Crippen molar-refractivity contribution >= 4 is 5.91 Å². The Labute approximate surface area is 200 Å². The van der Waals surface area contributed by atoms with Crippen LogP contribution in [0.1, 0.15) is 45.7 Å². The number of carbonyl (C=O) groups is 1. The van der Waals surface area contributed by atoms with Gasteiger partial charge in [0.05, 0.1) is 23.1 Å². The Morgan fingerprint density at radius 1 is 0.944 bits per heavy atom. The number of hydrogen-bond acceptors (Lipinski definition) is 3. The summed E-state index contributed by atoms with van der Waals surface area (Å²) < 4.78 is 83.0. The Morgan fingerprint density at radius 3 is 2.11 bits per heavy atom. The Bertz CT molecular complexity index is 1380. The number of benzene rings is 1. The van der Waals surface area contributed by atoms with E-state index in [9.17, 15) is 35.9 Å². The first-order chi connectivity index (χ1) is 16.8. The van der Waals surface area contributed by atoms with Crippen LogP contribution in [0.5, 0.6) is 0 Å². The van der Waals surface area contributed by atoms with Crippen LogP contribution in [-0.4, -0.2) is 38.0 Å². The van der Waals surface area contributed by atoms with Crippen molar-refractivity contribution in [1.29, 1.82) is 0 Å². The smallest absolute Gasteiger partial charge is 0.335 e. The molecule has 5 rings (SSSR count). The van der Waals surface area contributed by atoms with Crippen molar-refractivity contribution in [2.24, 2.45) is 0 Å². The Morgan fingerprint density at radius 2 is 1.58 bits per heavy atom. The second-order valence-corrected chi connectivity index (χ2v) is 9.28. The number of rotatable bonds is 4. The van der Waals surface area contributed by atoms with Gasteiger partial charge < -0.3 is 14.0 Å². The molecule has 0 atom stereocenters. The van der Waals surface area contributed by atoms with Crippen molar-refractivity contribution in [3.05, 3.63) is 81.3 Å². The summed E-state index contributed by atoms with van der Waals surface area (Å²) in [4.78, 5) is 31.7. The molecule has 36 heavy (non-hydrogen) atoms. The molecule has 6 nitrogen and oxygen atoms in total. The largest absolute Gasteiger partial charge is 0.416 e. The molecule has 1 aliphatic carbocycles. The van der Waals surface area contributed by atoms with E-state index in [2.05, 4.69) is 4.98 Å². The van der Waals surface area contributed by atoms with Gasteiger partial charge in [-0.3, -0.25) is 9.59 Å². The van der Waals surface area contributed by atoms with Crippen molar-refractivity contribution in [2.45, 2.75) is 44.1 Å². The fourth-order valence-electron chi connectivity index (χ4n) is 4.68. The minimum Gasteiger partial charge on any atom is -0.335 e. The lowest BCUT2D eigenvalue weighted by Gasteiger charge is -2.33. The standard InChI is InChI=1S/C24H20F6N4O2/c1-14-11-33(13-31-14)18-2-3-19-20(35)32(6-7-34(19)21(18)36)12-22(4-5-22)15-8-16(23(25,26)27)10-17(9-15)24(28,29)30/h2-3,8-11,13H,4-7,12H2,1H3. The Kier molecular flexibility index (Phi) is 5.34. The van der Waals surface area contributed by atoms with Gasteiger partial charge >= 0.3 is 12.4 Å². The maximum absolute atomic E-state index is 13.4. The van der Waals surface area contributed by atoms with E-state index in [1.54, 1.807) is 17.7 Å². The van der Waals surface area contributed by atoms with Crippen LogP contribution in [0, 0.1) is 6.92 Å². The molecule has 1 aromatic carbocycles.